The van der Waals surface area contributed by atoms with Gasteiger partial charge in [0.05, 0.1) is 16.6 Å². The maximum Gasteiger partial charge on any atom is 0.202 e. The Morgan fingerprint density at radius 3 is 2.65 bits per heavy atom. The maximum atomic E-state index is 12.6. The summed E-state index contributed by atoms with van der Waals surface area (Å²) in [4.78, 5) is 16.8. The van der Waals surface area contributed by atoms with Crippen LogP contribution < -0.4 is 5.43 Å². The summed E-state index contributed by atoms with van der Waals surface area (Å²) in [6.45, 7) is 3.61. The Hall–Kier alpha value is -1.36. The van der Waals surface area contributed by atoms with Gasteiger partial charge in [-0.25, -0.2) is 4.98 Å². The van der Waals surface area contributed by atoms with Gasteiger partial charge in [0.1, 0.15) is 11.3 Å². The van der Waals surface area contributed by atoms with Crippen LogP contribution in [0.4, 0.5) is 0 Å². The number of fused-ring (bicyclic) bond motifs is 1. The van der Waals surface area contributed by atoms with Crippen LogP contribution in [0.15, 0.2) is 26.7 Å². The molecule has 6 heteroatoms. The number of rotatable bonds is 1. The van der Waals surface area contributed by atoms with E-state index in [1.807, 2.05) is 6.92 Å². The lowest BCUT2D eigenvalue weighted by Crippen LogP contribution is -2.08. The van der Waals surface area contributed by atoms with E-state index in [0.717, 1.165) is 5.56 Å². The fraction of sp³-hybridized carbons (Fsp3) is 0.143. The molecule has 0 saturated carbocycles. The number of thiazole rings is 1. The summed E-state index contributed by atoms with van der Waals surface area (Å²) in [5, 5.41) is 2.73. The Morgan fingerprint density at radius 1 is 1.25 bits per heavy atom. The van der Waals surface area contributed by atoms with Gasteiger partial charge in [0, 0.05) is 10.4 Å². The van der Waals surface area contributed by atoms with Crippen LogP contribution in [0, 0.1) is 13.8 Å². The first-order valence-electron chi connectivity index (χ1n) is 5.82. The quantitative estimate of drug-likeness (QED) is 0.642. The Morgan fingerprint density at radius 2 is 2.00 bits per heavy atom. The minimum absolute atomic E-state index is 0.146. The summed E-state index contributed by atoms with van der Waals surface area (Å²) in [7, 11) is 0. The molecule has 0 aliphatic heterocycles. The van der Waals surface area contributed by atoms with Crippen LogP contribution in [0.5, 0.6) is 0 Å². The first-order valence-corrected chi connectivity index (χ1v) is 7.46. The molecule has 0 aliphatic carbocycles. The molecule has 0 saturated heterocycles. The van der Waals surface area contributed by atoms with E-state index in [2.05, 4.69) is 4.98 Å². The van der Waals surface area contributed by atoms with E-state index in [-0.39, 0.29) is 5.43 Å². The lowest BCUT2D eigenvalue weighted by molar-refractivity contribution is 0.566. The van der Waals surface area contributed by atoms with Gasteiger partial charge in [-0.05, 0) is 31.5 Å². The smallest absolute Gasteiger partial charge is 0.202 e. The van der Waals surface area contributed by atoms with Gasteiger partial charge in [0.2, 0.25) is 5.43 Å². The molecular formula is C14H9Cl2NO2S. The predicted molar refractivity (Wildman–Crippen MR) is 83.1 cm³/mol. The largest absolute Gasteiger partial charge is 0.460 e. The number of halogens is 2. The second-order valence-electron chi connectivity index (χ2n) is 4.45. The Bertz CT molecular complexity index is 883. The van der Waals surface area contributed by atoms with Crippen molar-refractivity contribution in [2.24, 2.45) is 0 Å². The van der Waals surface area contributed by atoms with Gasteiger partial charge in [-0.1, -0.05) is 23.2 Å². The molecule has 20 heavy (non-hydrogen) atoms. The number of hydrogen-bond acceptors (Lipinski definition) is 4. The third kappa shape index (κ3) is 2.14. The van der Waals surface area contributed by atoms with E-state index in [9.17, 15) is 4.79 Å². The fourth-order valence-corrected chi connectivity index (χ4v) is 3.01. The normalized spacial score (nSPS) is 11.2. The summed E-state index contributed by atoms with van der Waals surface area (Å²) in [6.07, 6.45) is 0. The summed E-state index contributed by atoms with van der Waals surface area (Å²) in [5.41, 5.74) is 2.21. The SMILES string of the molecule is Cc1cc2oc(C)c(-c3csc(Cl)n3)c(=O)c2cc1Cl. The second kappa shape index (κ2) is 4.88. The zero-order valence-corrected chi connectivity index (χ0v) is 13.0. The van der Waals surface area contributed by atoms with Gasteiger partial charge in [-0.2, -0.15) is 0 Å². The van der Waals surface area contributed by atoms with Crippen LogP contribution in [0.3, 0.4) is 0 Å². The Balaban J connectivity index is 2.40. The van der Waals surface area contributed by atoms with Crippen LogP contribution in [0.1, 0.15) is 11.3 Å². The van der Waals surface area contributed by atoms with Crippen molar-refractivity contribution in [3.8, 4) is 11.3 Å². The monoisotopic (exact) mass is 325 g/mol. The van der Waals surface area contributed by atoms with Gasteiger partial charge in [0.25, 0.3) is 0 Å². The van der Waals surface area contributed by atoms with Crippen LogP contribution in [-0.4, -0.2) is 4.98 Å². The minimum atomic E-state index is -0.146. The molecule has 0 fully saturated rings. The molecule has 0 aliphatic rings. The number of hydrogen-bond donors (Lipinski definition) is 0. The highest BCUT2D eigenvalue weighted by atomic mass is 35.5. The van der Waals surface area contributed by atoms with Crippen LogP contribution in [0.25, 0.3) is 22.2 Å². The summed E-state index contributed by atoms with van der Waals surface area (Å²) in [5.74, 6) is 0.520. The van der Waals surface area contributed by atoms with E-state index < -0.39 is 0 Å². The van der Waals surface area contributed by atoms with E-state index >= 15 is 0 Å². The van der Waals surface area contributed by atoms with Gasteiger partial charge >= 0.3 is 0 Å². The van der Waals surface area contributed by atoms with Crippen molar-refractivity contribution < 1.29 is 4.42 Å². The molecule has 0 atom stereocenters. The van der Waals surface area contributed by atoms with Gasteiger partial charge < -0.3 is 4.42 Å². The van der Waals surface area contributed by atoms with Crippen LogP contribution >= 0.6 is 34.5 Å². The predicted octanol–water partition coefficient (Wildman–Crippen LogP) is 4.84. The molecule has 0 spiro atoms. The Kier molecular flexibility index (Phi) is 3.32. The van der Waals surface area contributed by atoms with E-state index in [1.54, 1.807) is 24.4 Å². The van der Waals surface area contributed by atoms with Crippen molar-refractivity contribution in [1.82, 2.24) is 4.98 Å². The molecule has 102 valence electrons. The molecule has 0 unspecified atom stereocenters. The zero-order valence-electron chi connectivity index (χ0n) is 10.7. The van der Waals surface area contributed by atoms with Gasteiger partial charge in [0.15, 0.2) is 4.47 Å². The molecule has 2 heterocycles. The van der Waals surface area contributed by atoms with Crippen LogP contribution in [-0.2, 0) is 0 Å². The summed E-state index contributed by atoms with van der Waals surface area (Å²) >= 11 is 13.2. The molecule has 0 amide bonds. The third-order valence-electron chi connectivity index (χ3n) is 3.08. The van der Waals surface area contributed by atoms with Crippen molar-refractivity contribution in [2.45, 2.75) is 13.8 Å². The van der Waals surface area contributed by atoms with Crippen molar-refractivity contribution >= 4 is 45.5 Å². The van der Waals surface area contributed by atoms with Crippen molar-refractivity contribution in [3.05, 3.63) is 48.5 Å². The van der Waals surface area contributed by atoms with Crippen molar-refractivity contribution in [1.29, 1.82) is 0 Å². The summed E-state index contributed by atoms with van der Waals surface area (Å²) in [6, 6.07) is 3.40. The lowest BCUT2D eigenvalue weighted by Gasteiger charge is -2.06. The molecule has 2 aromatic heterocycles. The fourth-order valence-electron chi connectivity index (χ4n) is 2.09. The van der Waals surface area contributed by atoms with E-state index in [1.165, 1.54) is 11.3 Å². The highest BCUT2D eigenvalue weighted by Crippen LogP contribution is 2.29. The number of nitrogens with zero attached hydrogens (tertiary/aromatic N) is 1. The number of benzene rings is 1. The molecule has 0 radical (unpaired) electrons. The molecule has 3 rings (SSSR count). The molecule has 1 aromatic carbocycles. The van der Waals surface area contributed by atoms with E-state index in [0.29, 0.717) is 37.5 Å². The molecule has 0 bridgehead atoms. The van der Waals surface area contributed by atoms with Crippen molar-refractivity contribution in [2.75, 3.05) is 0 Å². The zero-order chi connectivity index (χ0) is 14.4. The standard InChI is InChI=1S/C14H9Cl2NO2S/c1-6-3-11-8(4-9(6)15)13(18)12(7(2)19-11)10-5-20-14(16)17-10/h3-5H,1-2H3. The molecule has 0 N–H and O–H groups in total. The number of aromatic nitrogens is 1. The average Bonchev–Trinajstić information content (AvgIpc) is 2.79. The maximum absolute atomic E-state index is 12.6. The molecular weight excluding hydrogens is 317 g/mol. The first-order chi connectivity index (χ1) is 9.47. The third-order valence-corrected chi connectivity index (χ3v) is 4.47. The van der Waals surface area contributed by atoms with Gasteiger partial charge in [-0.3, -0.25) is 4.79 Å². The lowest BCUT2D eigenvalue weighted by atomic mass is 10.1. The topological polar surface area (TPSA) is 43.1 Å². The van der Waals surface area contributed by atoms with Crippen LogP contribution in [0.2, 0.25) is 9.49 Å². The average molecular weight is 326 g/mol. The first kappa shape index (κ1) is 13.6. The highest BCUT2D eigenvalue weighted by Gasteiger charge is 2.16. The van der Waals surface area contributed by atoms with Gasteiger partial charge in [-0.15, -0.1) is 11.3 Å². The molecule has 3 nitrogen and oxygen atoms in total. The second-order valence-corrected chi connectivity index (χ2v) is 6.29. The van der Waals surface area contributed by atoms with E-state index in [4.69, 9.17) is 27.6 Å². The molecule has 3 aromatic rings. The highest BCUT2D eigenvalue weighted by molar-refractivity contribution is 7.14. The minimum Gasteiger partial charge on any atom is -0.460 e. The number of aryl methyl sites for hydroxylation is 2. The Labute approximate surface area is 128 Å². The summed E-state index contributed by atoms with van der Waals surface area (Å²) < 4.78 is 6.13. The van der Waals surface area contributed by atoms with Crippen molar-refractivity contribution in [3.63, 3.8) is 0 Å².